The molecule has 0 fully saturated rings. The molecule has 0 saturated carbocycles. The number of fused-ring (bicyclic) bond motifs is 1. The van der Waals surface area contributed by atoms with E-state index in [9.17, 15) is 9.90 Å². The van der Waals surface area contributed by atoms with Crippen molar-refractivity contribution in [2.45, 2.75) is 44.8 Å². The van der Waals surface area contributed by atoms with Gasteiger partial charge in [-0.3, -0.25) is 4.79 Å². The second kappa shape index (κ2) is 6.03. The Bertz CT molecular complexity index is 458. The van der Waals surface area contributed by atoms with Crippen molar-refractivity contribution in [3.05, 3.63) is 21.4 Å². The third kappa shape index (κ3) is 2.83. The lowest BCUT2D eigenvalue weighted by molar-refractivity contribution is -0.139. The highest BCUT2D eigenvalue weighted by atomic mass is 32.1. The molecule has 1 heterocycles. The van der Waals surface area contributed by atoms with Gasteiger partial charge in [0.1, 0.15) is 6.04 Å². The molecule has 106 valence electrons. The Morgan fingerprint density at radius 2 is 2.37 bits per heavy atom. The van der Waals surface area contributed by atoms with Crippen LogP contribution in [0.25, 0.3) is 0 Å². The van der Waals surface area contributed by atoms with Crippen LogP contribution in [-0.2, 0) is 9.53 Å². The molecule has 4 nitrogen and oxygen atoms in total. The van der Waals surface area contributed by atoms with Gasteiger partial charge < -0.3 is 15.2 Å². The summed E-state index contributed by atoms with van der Waals surface area (Å²) in [7, 11) is 1.72. The average Bonchev–Trinajstić information content (AvgIpc) is 2.81. The molecule has 1 aromatic rings. The Hall–Kier alpha value is -0.910. The van der Waals surface area contributed by atoms with Gasteiger partial charge in [0.25, 0.3) is 0 Å². The standard InChI is InChI=1S/C14H21NO3S/c1-4-15-12(14(16)17)11-7-9-10(18-3)6-5-8(2)13(9)19-11/h7-8,10,12,15H,4-6H2,1-3H3,(H,16,17). The summed E-state index contributed by atoms with van der Waals surface area (Å²) >= 11 is 1.62. The molecular formula is C14H21NO3S. The highest BCUT2D eigenvalue weighted by Crippen LogP contribution is 2.44. The van der Waals surface area contributed by atoms with Gasteiger partial charge in [0.05, 0.1) is 6.10 Å². The zero-order valence-corrected chi connectivity index (χ0v) is 12.4. The molecule has 0 aliphatic heterocycles. The molecule has 0 saturated heterocycles. The zero-order chi connectivity index (χ0) is 14.0. The molecule has 1 aromatic heterocycles. The van der Waals surface area contributed by atoms with E-state index in [-0.39, 0.29) is 6.10 Å². The van der Waals surface area contributed by atoms with Crippen molar-refractivity contribution < 1.29 is 14.6 Å². The number of methoxy groups -OCH3 is 1. The van der Waals surface area contributed by atoms with E-state index in [0.717, 1.165) is 17.7 Å². The summed E-state index contributed by atoms with van der Waals surface area (Å²) in [4.78, 5) is 13.5. The van der Waals surface area contributed by atoms with Crippen LogP contribution in [-0.4, -0.2) is 24.7 Å². The molecule has 3 atom stereocenters. The van der Waals surface area contributed by atoms with E-state index in [4.69, 9.17) is 4.74 Å². The van der Waals surface area contributed by atoms with Crippen molar-refractivity contribution in [1.82, 2.24) is 5.32 Å². The minimum absolute atomic E-state index is 0.118. The number of hydrogen-bond donors (Lipinski definition) is 2. The molecule has 2 rings (SSSR count). The van der Waals surface area contributed by atoms with E-state index < -0.39 is 12.0 Å². The van der Waals surface area contributed by atoms with Gasteiger partial charge in [-0.05, 0) is 36.9 Å². The monoisotopic (exact) mass is 283 g/mol. The minimum atomic E-state index is -0.818. The van der Waals surface area contributed by atoms with Crippen LogP contribution in [0, 0.1) is 0 Å². The number of nitrogens with one attached hydrogen (secondary N) is 1. The number of hydrogen-bond acceptors (Lipinski definition) is 4. The van der Waals surface area contributed by atoms with Crippen LogP contribution in [0.15, 0.2) is 6.07 Å². The van der Waals surface area contributed by atoms with Crippen molar-refractivity contribution in [3.8, 4) is 0 Å². The molecule has 1 aliphatic carbocycles. The van der Waals surface area contributed by atoms with Crippen LogP contribution >= 0.6 is 11.3 Å². The van der Waals surface area contributed by atoms with Crippen molar-refractivity contribution in [2.75, 3.05) is 13.7 Å². The topological polar surface area (TPSA) is 58.6 Å². The van der Waals surface area contributed by atoms with Crippen LogP contribution in [0.4, 0.5) is 0 Å². The van der Waals surface area contributed by atoms with Gasteiger partial charge in [0.15, 0.2) is 0 Å². The minimum Gasteiger partial charge on any atom is -0.480 e. The Morgan fingerprint density at radius 1 is 1.63 bits per heavy atom. The van der Waals surface area contributed by atoms with Crippen molar-refractivity contribution in [1.29, 1.82) is 0 Å². The number of rotatable bonds is 5. The van der Waals surface area contributed by atoms with Crippen LogP contribution in [0.1, 0.15) is 60.1 Å². The molecule has 0 aromatic carbocycles. The van der Waals surface area contributed by atoms with Crippen LogP contribution in [0.2, 0.25) is 0 Å². The van der Waals surface area contributed by atoms with Crippen molar-refractivity contribution in [2.24, 2.45) is 0 Å². The maximum absolute atomic E-state index is 11.3. The highest BCUT2D eigenvalue weighted by Gasteiger charge is 2.30. The molecule has 0 bridgehead atoms. The van der Waals surface area contributed by atoms with Crippen molar-refractivity contribution in [3.63, 3.8) is 0 Å². The lowest BCUT2D eigenvalue weighted by Crippen LogP contribution is -2.27. The lowest BCUT2D eigenvalue weighted by Gasteiger charge is -2.25. The normalized spacial score (nSPS) is 23.9. The predicted molar refractivity (Wildman–Crippen MR) is 75.8 cm³/mol. The van der Waals surface area contributed by atoms with E-state index in [2.05, 4.69) is 12.2 Å². The molecule has 0 amide bonds. The Labute approximate surface area is 117 Å². The molecule has 3 unspecified atom stereocenters. The smallest absolute Gasteiger partial charge is 0.326 e. The fraction of sp³-hybridized carbons (Fsp3) is 0.643. The Morgan fingerprint density at radius 3 is 2.95 bits per heavy atom. The molecule has 5 heteroatoms. The summed E-state index contributed by atoms with van der Waals surface area (Å²) in [6, 6.07) is 1.41. The first-order valence-corrected chi connectivity index (χ1v) is 7.52. The molecule has 2 N–H and O–H groups in total. The Kier molecular flexibility index (Phi) is 4.60. The third-order valence-electron chi connectivity index (χ3n) is 3.69. The first-order valence-electron chi connectivity index (χ1n) is 6.71. The second-order valence-corrected chi connectivity index (χ2v) is 6.12. The van der Waals surface area contributed by atoms with Gasteiger partial charge in [-0.25, -0.2) is 0 Å². The zero-order valence-electron chi connectivity index (χ0n) is 11.6. The van der Waals surface area contributed by atoms with E-state index >= 15 is 0 Å². The summed E-state index contributed by atoms with van der Waals surface area (Å²) in [6.45, 7) is 4.76. The van der Waals surface area contributed by atoms with E-state index in [0.29, 0.717) is 12.5 Å². The van der Waals surface area contributed by atoms with Crippen LogP contribution in [0.3, 0.4) is 0 Å². The number of thiophene rings is 1. The van der Waals surface area contributed by atoms with E-state index in [1.54, 1.807) is 18.4 Å². The largest absolute Gasteiger partial charge is 0.480 e. The number of carboxylic acids is 1. The second-order valence-electron chi connectivity index (χ2n) is 5.00. The summed E-state index contributed by atoms with van der Waals surface area (Å²) < 4.78 is 5.52. The number of likely N-dealkylation sites (N-methyl/N-ethyl adjacent to an activating group) is 1. The molecule has 0 radical (unpaired) electrons. The third-order valence-corrected chi connectivity index (χ3v) is 5.14. The summed E-state index contributed by atoms with van der Waals surface area (Å²) in [6.07, 6.45) is 2.23. The molecule has 0 spiro atoms. The molecular weight excluding hydrogens is 262 g/mol. The summed E-state index contributed by atoms with van der Waals surface area (Å²) in [5, 5.41) is 12.3. The first-order chi connectivity index (χ1) is 9.08. The van der Waals surface area contributed by atoms with Crippen molar-refractivity contribution >= 4 is 17.3 Å². The summed E-state index contributed by atoms with van der Waals surface area (Å²) in [5.74, 6) is -0.321. The fourth-order valence-electron chi connectivity index (χ4n) is 2.67. The van der Waals surface area contributed by atoms with E-state index in [1.807, 2.05) is 13.0 Å². The Balaban J connectivity index is 2.36. The van der Waals surface area contributed by atoms with Gasteiger partial charge >= 0.3 is 5.97 Å². The quantitative estimate of drug-likeness (QED) is 0.872. The van der Waals surface area contributed by atoms with Gasteiger partial charge in [-0.2, -0.15) is 0 Å². The number of carboxylic acid groups (broad SMARTS) is 1. The van der Waals surface area contributed by atoms with Gasteiger partial charge in [-0.1, -0.05) is 13.8 Å². The summed E-state index contributed by atoms with van der Waals surface area (Å²) in [5.41, 5.74) is 1.19. The van der Waals surface area contributed by atoms with Crippen LogP contribution < -0.4 is 5.32 Å². The van der Waals surface area contributed by atoms with Gasteiger partial charge in [0, 0.05) is 16.9 Å². The number of aliphatic carboxylic acids is 1. The maximum atomic E-state index is 11.3. The van der Waals surface area contributed by atoms with E-state index in [1.165, 1.54) is 10.4 Å². The SMILES string of the molecule is CCNC(C(=O)O)c1cc2c(s1)C(C)CCC2OC. The maximum Gasteiger partial charge on any atom is 0.326 e. The van der Waals surface area contributed by atoms with Crippen LogP contribution in [0.5, 0.6) is 0 Å². The highest BCUT2D eigenvalue weighted by molar-refractivity contribution is 7.12. The number of ether oxygens (including phenoxy) is 1. The fourth-order valence-corrected chi connectivity index (χ4v) is 4.03. The predicted octanol–water partition coefficient (Wildman–Crippen LogP) is 3.07. The van der Waals surface area contributed by atoms with Gasteiger partial charge in [0.2, 0.25) is 0 Å². The number of carbonyl (C=O) groups is 1. The molecule has 19 heavy (non-hydrogen) atoms. The first kappa shape index (κ1) is 14.5. The van der Waals surface area contributed by atoms with Gasteiger partial charge in [-0.15, -0.1) is 11.3 Å². The lowest BCUT2D eigenvalue weighted by atomic mass is 9.88. The average molecular weight is 283 g/mol. The molecule has 1 aliphatic rings.